The smallest absolute Gasteiger partial charge is 0.408 e. The third-order valence-electron chi connectivity index (χ3n) is 3.23. The standard InChI is InChI=1S/C12H19N5O2/c1-2-16-3-5-17(6-4-16)11-7-10(19-12(14)18)9(13)8-15-11/h7-8H,2-6,13H2,1H3,(H2,14,18). The molecule has 0 unspecified atom stereocenters. The molecule has 0 aliphatic carbocycles. The highest BCUT2D eigenvalue weighted by molar-refractivity contribution is 5.71. The van der Waals surface area contributed by atoms with Gasteiger partial charge < -0.3 is 26.0 Å². The van der Waals surface area contributed by atoms with Gasteiger partial charge in [-0.05, 0) is 6.54 Å². The van der Waals surface area contributed by atoms with Crippen LogP contribution in [0, 0.1) is 0 Å². The molecule has 0 bridgehead atoms. The summed E-state index contributed by atoms with van der Waals surface area (Å²) < 4.78 is 4.86. The number of amides is 1. The van der Waals surface area contributed by atoms with E-state index >= 15 is 0 Å². The molecular weight excluding hydrogens is 246 g/mol. The van der Waals surface area contributed by atoms with E-state index in [1.807, 2.05) is 0 Å². The highest BCUT2D eigenvalue weighted by atomic mass is 16.5. The summed E-state index contributed by atoms with van der Waals surface area (Å²) in [7, 11) is 0. The Morgan fingerprint density at radius 3 is 2.68 bits per heavy atom. The van der Waals surface area contributed by atoms with E-state index in [2.05, 4.69) is 21.7 Å². The second-order valence-electron chi connectivity index (χ2n) is 4.42. The maximum absolute atomic E-state index is 10.8. The quantitative estimate of drug-likeness (QED) is 0.813. The van der Waals surface area contributed by atoms with Gasteiger partial charge in [-0.2, -0.15) is 0 Å². The van der Waals surface area contributed by atoms with Gasteiger partial charge in [0.1, 0.15) is 5.82 Å². The van der Waals surface area contributed by atoms with E-state index in [9.17, 15) is 4.79 Å². The van der Waals surface area contributed by atoms with Gasteiger partial charge in [0.15, 0.2) is 5.75 Å². The Labute approximate surface area is 112 Å². The molecule has 0 spiro atoms. The fourth-order valence-corrected chi connectivity index (χ4v) is 2.10. The normalized spacial score (nSPS) is 16.4. The molecule has 7 nitrogen and oxygen atoms in total. The number of nitrogens with two attached hydrogens (primary N) is 2. The Bertz CT molecular complexity index is 457. The van der Waals surface area contributed by atoms with Crippen LogP contribution >= 0.6 is 0 Å². The fraction of sp³-hybridized carbons (Fsp3) is 0.500. The molecule has 0 radical (unpaired) electrons. The van der Waals surface area contributed by atoms with Crippen LogP contribution in [0.25, 0.3) is 0 Å². The van der Waals surface area contributed by atoms with Crippen molar-refractivity contribution in [2.24, 2.45) is 5.73 Å². The molecule has 7 heteroatoms. The van der Waals surface area contributed by atoms with Gasteiger partial charge in [-0.15, -0.1) is 0 Å². The zero-order chi connectivity index (χ0) is 13.8. The molecule has 2 heterocycles. The molecule has 19 heavy (non-hydrogen) atoms. The summed E-state index contributed by atoms with van der Waals surface area (Å²) in [5, 5.41) is 0. The van der Waals surface area contributed by atoms with Crippen LogP contribution in [0.3, 0.4) is 0 Å². The number of aromatic nitrogens is 1. The highest BCUT2D eigenvalue weighted by Crippen LogP contribution is 2.25. The van der Waals surface area contributed by atoms with Crippen LogP contribution in [-0.4, -0.2) is 48.7 Å². The molecule has 1 saturated heterocycles. The summed E-state index contributed by atoms with van der Waals surface area (Å²) in [4.78, 5) is 19.6. The zero-order valence-corrected chi connectivity index (χ0v) is 11.0. The van der Waals surface area contributed by atoms with Crippen LogP contribution in [-0.2, 0) is 0 Å². The lowest BCUT2D eigenvalue weighted by Crippen LogP contribution is -2.46. The van der Waals surface area contributed by atoms with Crippen molar-refractivity contribution in [3.63, 3.8) is 0 Å². The summed E-state index contributed by atoms with van der Waals surface area (Å²) >= 11 is 0. The molecular formula is C12H19N5O2. The second-order valence-corrected chi connectivity index (χ2v) is 4.42. The largest absolute Gasteiger partial charge is 0.410 e. The van der Waals surface area contributed by atoms with Crippen molar-refractivity contribution in [1.29, 1.82) is 0 Å². The van der Waals surface area contributed by atoms with Gasteiger partial charge in [-0.1, -0.05) is 6.92 Å². The van der Waals surface area contributed by atoms with Crippen LogP contribution in [0.4, 0.5) is 16.3 Å². The van der Waals surface area contributed by atoms with Crippen molar-refractivity contribution in [3.05, 3.63) is 12.3 Å². The first-order valence-electron chi connectivity index (χ1n) is 6.30. The Hall–Kier alpha value is -2.02. The Kier molecular flexibility index (Phi) is 4.06. The number of nitrogens with zero attached hydrogens (tertiary/aromatic N) is 3. The van der Waals surface area contributed by atoms with E-state index in [0.29, 0.717) is 5.69 Å². The van der Waals surface area contributed by atoms with Gasteiger partial charge in [-0.25, -0.2) is 9.78 Å². The SMILES string of the molecule is CCN1CCN(c2cc(OC(N)=O)c(N)cn2)CC1. The molecule has 1 aromatic rings. The number of rotatable bonds is 3. The lowest BCUT2D eigenvalue weighted by atomic mass is 10.3. The fourth-order valence-electron chi connectivity index (χ4n) is 2.10. The zero-order valence-electron chi connectivity index (χ0n) is 11.0. The molecule has 1 fully saturated rings. The second kappa shape index (κ2) is 5.75. The van der Waals surface area contributed by atoms with Crippen LogP contribution in [0.1, 0.15) is 6.92 Å². The van der Waals surface area contributed by atoms with Crippen LogP contribution < -0.4 is 21.1 Å². The van der Waals surface area contributed by atoms with Crippen LogP contribution in [0.2, 0.25) is 0 Å². The maximum atomic E-state index is 10.8. The third-order valence-corrected chi connectivity index (χ3v) is 3.23. The number of piperazine rings is 1. The van der Waals surface area contributed by atoms with Crippen molar-refractivity contribution in [3.8, 4) is 5.75 Å². The molecule has 0 atom stereocenters. The molecule has 104 valence electrons. The number of likely N-dealkylation sites (N-methyl/N-ethyl adjacent to an activating group) is 1. The lowest BCUT2D eigenvalue weighted by molar-refractivity contribution is 0.211. The van der Waals surface area contributed by atoms with Crippen molar-refractivity contribution in [2.45, 2.75) is 6.92 Å². The predicted molar refractivity (Wildman–Crippen MR) is 73.2 cm³/mol. The molecule has 1 aromatic heterocycles. The van der Waals surface area contributed by atoms with Gasteiger partial charge in [0.05, 0.1) is 11.9 Å². The van der Waals surface area contributed by atoms with E-state index in [0.717, 1.165) is 38.5 Å². The minimum absolute atomic E-state index is 0.260. The number of anilines is 2. The van der Waals surface area contributed by atoms with E-state index in [1.54, 1.807) is 6.07 Å². The first kappa shape index (κ1) is 13.4. The van der Waals surface area contributed by atoms with E-state index in [1.165, 1.54) is 6.20 Å². The van der Waals surface area contributed by atoms with E-state index in [4.69, 9.17) is 16.2 Å². The number of carbonyl (C=O) groups excluding carboxylic acids is 1. The molecule has 0 aromatic carbocycles. The highest BCUT2D eigenvalue weighted by Gasteiger charge is 2.18. The van der Waals surface area contributed by atoms with Crippen LogP contribution in [0.15, 0.2) is 12.3 Å². The van der Waals surface area contributed by atoms with Gasteiger partial charge in [-0.3, -0.25) is 0 Å². The summed E-state index contributed by atoms with van der Waals surface area (Å²) in [5.74, 6) is 1.01. The van der Waals surface area contributed by atoms with Crippen LogP contribution in [0.5, 0.6) is 5.75 Å². The summed E-state index contributed by atoms with van der Waals surface area (Å²) in [6.45, 7) is 6.97. The summed E-state index contributed by atoms with van der Waals surface area (Å²) in [6, 6.07) is 1.65. The number of hydrogen-bond donors (Lipinski definition) is 2. The molecule has 1 aliphatic rings. The van der Waals surface area contributed by atoms with Gasteiger partial charge in [0.2, 0.25) is 0 Å². The Balaban J connectivity index is 2.10. The summed E-state index contributed by atoms with van der Waals surface area (Å²) in [6.07, 6.45) is 0.611. The number of primary amides is 1. The Morgan fingerprint density at radius 1 is 1.42 bits per heavy atom. The average molecular weight is 265 g/mol. The molecule has 4 N–H and O–H groups in total. The van der Waals surface area contributed by atoms with Gasteiger partial charge in [0, 0.05) is 32.2 Å². The third kappa shape index (κ3) is 3.25. The number of hydrogen-bond acceptors (Lipinski definition) is 6. The minimum Gasteiger partial charge on any atom is -0.408 e. The average Bonchev–Trinajstić information content (AvgIpc) is 2.41. The number of nitrogen functional groups attached to an aromatic ring is 1. The van der Waals surface area contributed by atoms with Gasteiger partial charge in [0.25, 0.3) is 0 Å². The minimum atomic E-state index is -0.875. The molecule has 1 amide bonds. The number of ether oxygens (including phenoxy) is 1. The first-order chi connectivity index (χ1) is 9.10. The molecule has 0 saturated carbocycles. The predicted octanol–water partition coefficient (Wildman–Crippen LogP) is 0.263. The van der Waals surface area contributed by atoms with E-state index in [-0.39, 0.29) is 5.75 Å². The lowest BCUT2D eigenvalue weighted by Gasteiger charge is -2.34. The van der Waals surface area contributed by atoms with E-state index < -0.39 is 6.09 Å². The van der Waals surface area contributed by atoms with Crippen molar-refractivity contribution < 1.29 is 9.53 Å². The maximum Gasteiger partial charge on any atom is 0.410 e. The van der Waals surface area contributed by atoms with Crippen molar-refractivity contribution in [1.82, 2.24) is 9.88 Å². The molecule has 1 aliphatic heterocycles. The van der Waals surface area contributed by atoms with Gasteiger partial charge >= 0.3 is 6.09 Å². The van der Waals surface area contributed by atoms with Crippen molar-refractivity contribution >= 4 is 17.6 Å². The van der Waals surface area contributed by atoms with Crippen molar-refractivity contribution in [2.75, 3.05) is 43.4 Å². The molecule has 2 rings (SSSR count). The topological polar surface area (TPSA) is 97.7 Å². The number of carbonyl (C=O) groups is 1. The first-order valence-corrected chi connectivity index (χ1v) is 6.30. The monoisotopic (exact) mass is 265 g/mol. The Morgan fingerprint density at radius 2 is 2.11 bits per heavy atom. The number of pyridine rings is 1. The summed E-state index contributed by atoms with van der Waals surface area (Å²) in [5.41, 5.74) is 11.0.